The lowest BCUT2D eigenvalue weighted by molar-refractivity contribution is -0.126. The first-order valence-electron chi connectivity index (χ1n) is 11.5. The lowest BCUT2D eigenvalue weighted by Crippen LogP contribution is -2.54. The van der Waals surface area contributed by atoms with E-state index in [1.807, 2.05) is 11.2 Å². The van der Waals surface area contributed by atoms with Gasteiger partial charge in [0.1, 0.15) is 5.56 Å². The molecule has 0 N–H and O–H groups in total. The molecule has 3 rings (SSSR count). The standard InChI is InChI=1S/C26H33N3O4S/c1-6-9-20-18(4)29(17-19-11-12-19)25(31)22(26(32)33-8-3)23(20)27-13-15-28(16-14-27)24(30)21(34-5)10-7-2/h6-7,9-10,19H,1-2,4,8,11-17H2,3,5H3/b20-9+,21-10-. The molecule has 2 heterocycles. The highest BCUT2D eigenvalue weighted by Gasteiger charge is 2.31. The predicted molar refractivity (Wildman–Crippen MR) is 139 cm³/mol. The monoisotopic (exact) mass is 483 g/mol. The summed E-state index contributed by atoms with van der Waals surface area (Å²) in [5, 5.41) is 1.26. The third-order valence-electron chi connectivity index (χ3n) is 6.07. The van der Waals surface area contributed by atoms with Crippen LogP contribution in [0, 0.1) is 5.92 Å². The van der Waals surface area contributed by atoms with Crippen molar-refractivity contribution in [1.82, 2.24) is 9.47 Å². The zero-order chi connectivity index (χ0) is 24.8. The van der Waals surface area contributed by atoms with Gasteiger partial charge in [0.2, 0.25) is 0 Å². The van der Waals surface area contributed by atoms with Crippen molar-refractivity contribution in [3.05, 3.63) is 62.8 Å². The molecule has 0 bridgehead atoms. The van der Waals surface area contributed by atoms with Crippen molar-refractivity contribution in [2.24, 2.45) is 5.92 Å². The maximum absolute atomic E-state index is 13.5. The summed E-state index contributed by atoms with van der Waals surface area (Å²) in [6.45, 7) is 16.0. The molecule has 0 spiro atoms. The number of carbonyl (C=O) groups excluding carboxylic acids is 2. The Morgan fingerprint density at radius 1 is 1.15 bits per heavy atom. The number of anilines is 1. The molecule has 1 amide bonds. The number of aromatic nitrogens is 1. The lowest BCUT2D eigenvalue weighted by Gasteiger charge is -2.37. The number of thioether (sulfide) groups is 1. The highest BCUT2D eigenvalue weighted by atomic mass is 32.2. The molecule has 1 saturated carbocycles. The second kappa shape index (κ2) is 11.4. The van der Waals surface area contributed by atoms with Gasteiger partial charge in [-0.25, -0.2) is 4.79 Å². The SMILES string of the molecule is C=C/C=C(\SC)C(=O)N1CCN(c2c(C(=O)OCC)c(=O)n(CC3CC3)c(=C)/c2=C\C=C)CC1. The molecular formula is C26H33N3O4S. The molecule has 7 nitrogen and oxygen atoms in total. The minimum Gasteiger partial charge on any atom is -0.462 e. The van der Waals surface area contributed by atoms with E-state index in [0.29, 0.717) is 59.8 Å². The van der Waals surface area contributed by atoms with Crippen LogP contribution in [-0.2, 0) is 16.1 Å². The van der Waals surface area contributed by atoms with Crippen LogP contribution >= 0.6 is 11.8 Å². The minimum absolute atomic E-state index is 0.0270. The Hall–Kier alpha value is -3.00. The lowest BCUT2D eigenvalue weighted by atomic mass is 10.1. The Kier molecular flexibility index (Phi) is 8.61. The summed E-state index contributed by atoms with van der Waals surface area (Å²) in [4.78, 5) is 43.8. The first-order valence-corrected chi connectivity index (χ1v) is 12.8. The van der Waals surface area contributed by atoms with E-state index in [1.165, 1.54) is 11.8 Å². The van der Waals surface area contributed by atoms with Crippen LogP contribution in [0.25, 0.3) is 12.7 Å². The number of ether oxygens (including phenoxy) is 1. The zero-order valence-electron chi connectivity index (χ0n) is 20.0. The van der Waals surface area contributed by atoms with E-state index in [9.17, 15) is 14.4 Å². The molecule has 1 aromatic rings. The van der Waals surface area contributed by atoms with Crippen molar-refractivity contribution in [2.75, 3.05) is 43.9 Å². The number of nitrogens with zero attached hydrogens (tertiary/aromatic N) is 3. The van der Waals surface area contributed by atoms with Gasteiger partial charge >= 0.3 is 5.97 Å². The molecule has 182 valence electrons. The van der Waals surface area contributed by atoms with Crippen LogP contribution < -0.4 is 21.0 Å². The summed E-state index contributed by atoms with van der Waals surface area (Å²) in [6.07, 6.45) is 10.7. The summed E-state index contributed by atoms with van der Waals surface area (Å²) in [7, 11) is 0. The molecule has 34 heavy (non-hydrogen) atoms. The van der Waals surface area contributed by atoms with Crippen LogP contribution in [-0.4, -0.2) is 60.4 Å². The van der Waals surface area contributed by atoms with Crippen LogP contribution in [0.15, 0.2) is 41.1 Å². The van der Waals surface area contributed by atoms with E-state index < -0.39 is 5.97 Å². The van der Waals surface area contributed by atoms with Crippen LogP contribution in [0.3, 0.4) is 0 Å². The minimum atomic E-state index is -0.636. The Balaban J connectivity index is 2.05. The molecule has 0 aromatic carbocycles. The summed E-state index contributed by atoms with van der Waals surface area (Å²) >= 11 is 1.39. The van der Waals surface area contributed by atoms with Crippen molar-refractivity contribution in [1.29, 1.82) is 0 Å². The van der Waals surface area contributed by atoms with E-state index in [2.05, 4.69) is 19.7 Å². The van der Waals surface area contributed by atoms with Gasteiger partial charge in [-0.1, -0.05) is 38.0 Å². The average Bonchev–Trinajstić information content (AvgIpc) is 3.66. The third-order valence-corrected chi connectivity index (χ3v) is 6.82. The topological polar surface area (TPSA) is 71.9 Å². The molecule has 0 radical (unpaired) electrons. The number of hydrogen-bond donors (Lipinski definition) is 0. The van der Waals surface area contributed by atoms with Gasteiger partial charge in [0.15, 0.2) is 0 Å². The van der Waals surface area contributed by atoms with Crippen LogP contribution in [0.4, 0.5) is 5.69 Å². The normalized spacial score (nSPS) is 17.0. The number of carbonyl (C=O) groups is 2. The number of piperazine rings is 1. The Labute approximate surface area is 204 Å². The Bertz CT molecular complexity index is 1170. The summed E-state index contributed by atoms with van der Waals surface area (Å²) in [5.41, 5.74) is 0.169. The largest absolute Gasteiger partial charge is 0.462 e. The summed E-state index contributed by atoms with van der Waals surface area (Å²) < 4.78 is 6.90. The Morgan fingerprint density at radius 3 is 2.35 bits per heavy atom. The molecule has 8 heteroatoms. The van der Waals surface area contributed by atoms with Crippen LogP contribution in [0.5, 0.6) is 0 Å². The third kappa shape index (κ3) is 5.38. The maximum atomic E-state index is 13.5. The predicted octanol–water partition coefficient (Wildman–Crippen LogP) is 1.89. The molecule has 1 aliphatic carbocycles. The number of pyridine rings is 1. The Morgan fingerprint density at radius 2 is 1.82 bits per heavy atom. The van der Waals surface area contributed by atoms with E-state index >= 15 is 0 Å². The van der Waals surface area contributed by atoms with Crippen LogP contribution in [0.1, 0.15) is 30.1 Å². The zero-order valence-corrected chi connectivity index (χ0v) is 20.9. The van der Waals surface area contributed by atoms with Crippen molar-refractivity contribution >= 4 is 42.0 Å². The average molecular weight is 484 g/mol. The highest BCUT2D eigenvalue weighted by Crippen LogP contribution is 2.30. The van der Waals surface area contributed by atoms with Gasteiger partial charge < -0.3 is 19.1 Å². The number of esters is 1. The molecule has 1 saturated heterocycles. The fraction of sp³-hybridized carbons (Fsp3) is 0.423. The number of allylic oxidation sites excluding steroid dienone is 3. The van der Waals surface area contributed by atoms with Crippen molar-refractivity contribution in [2.45, 2.75) is 26.3 Å². The van der Waals surface area contributed by atoms with E-state index in [1.54, 1.807) is 40.7 Å². The molecule has 0 atom stereocenters. The second-order valence-corrected chi connectivity index (χ2v) is 9.16. The van der Waals surface area contributed by atoms with Gasteiger partial charge in [-0.05, 0) is 38.0 Å². The van der Waals surface area contributed by atoms with Gasteiger partial charge in [0, 0.05) is 43.3 Å². The molecular weight excluding hydrogens is 450 g/mol. The maximum Gasteiger partial charge on any atom is 0.345 e. The van der Waals surface area contributed by atoms with E-state index in [0.717, 1.165) is 12.8 Å². The molecule has 2 fully saturated rings. The fourth-order valence-corrected chi connectivity index (χ4v) is 4.69. The number of hydrogen-bond acceptors (Lipinski definition) is 6. The smallest absolute Gasteiger partial charge is 0.345 e. The second-order valence-electron chi connectivity index (χ2n) is 8.32. The first-order chi connectivity index (χ1) is 16.4. The molecule has 0 unspecified atom stereocenters. The van der Waals surface area contributed by atoms with Gasteiger partial charge in [-0.15, -0.1) is 11.8 Å². The van der Waals surface area contributed by atoms with E-state index in [4.69, 9.17) is 4.74 Å². The van der Waals surface area contributed by atoms with Crippen LogP contribution in [0.2, 0.25) is 0 Å². The van der Waals surface area contributed by atoms with Crippen molar-refractivity contribution in [3.63, 3.8) is 0 Å². The first kappa shape index (κ1) is 25.6. The quantitative estimate of drug-likeness (QED) is 0.304. The molecule has 1 aromatic heterocycles. The van der Waals surface area contributed by atoms with Gasteiger partial charge in [-0.3, -0.25) is 9.59 Å². The number of amides is 1. The summed E-state index contributed by atoms with van der Waals surface area (Å²) in [6, 6.07) is 0. The van der Waals surface area contributed by atoms with Crippen molar-refractivity contribution in [3.8, 4) is 0 Å². The van der Waals surface area contributed by atoms with Crippen molar-refractivity contribution < 1.29 is 14.3 Å². The molecule has 1 aliphatic heterocycles. The fourth-order valence-electron chi connectivity index (χ4n) is 4.16. The highest BCUT2D eigenvalue weighted by molar-refractivity contribution is 8.03. The van der Waals surface area contributed by atoms with E-state index in [-0.39, 0.29) is 23.6 Å². The number of rotatable bonds is 9. The molecule has 2 aliphatic rings. The van der Waals surface area contributed by atoms with Gasteiger partial charge in [-0.2, -0.15) is 0 Å². The van der Waals surface area contributed by atoms with Gasteiger partial charge in [0.25, 0.3) is 11.5 Å². The van der Waals surface area contributed by atoms with Gasteiger partial charge in [0.05, 0.1) is 17.2 Å². The summed E-state index contributed by atoms with van der Waals surface area (Å²) in [5.74, 6) is -0.254.